The molecule has 0 heterocycles. The number of nitrogens with zero attached hydrogens (tertiary/aromatic N) is 2. The summed E-state index contributed by atoms with van der Waals surface area (Å²) in [6.45, 7) is 3.13. The molecule has 0 aliphatic heterocycles. The molecular weight excluding hydrogens is 298 g/mol. The molecule has 1 amide bonds. The molecule has 1 rings (SSSR count). The van der Waals surface area contributed by atoms with E-state index < -0.39 is 45.1 Å². The summed E-state index contributed by atoms with van der Waals surface area (Å²) < 4.78 is 0. The summed E-state index contributed by atoms with van der Waals surface area (Å²) in [6, 6.07) is 1.20. The maximum Gasteiger partial charge on any atom is 0.326 e. The van der Waals surface area contributed by atoms with E-state index in [1.54, 1.807) is 13.8 Å². The first kappa shape index (κ1) is 17.0. The van der Waals surface area contributed by atoms with Crippen LogP contribution < -0.4 is 5.32 Å². The molecule has 10 nitrogen and oxygen atoms in total. The second-order valence-corrected chi connectivity index (χ2v) is 4.79. The standard InChI is InChI=1S/C12H13N3O7/c1-6(2)10(12(17)18)13-11(16)7-3-8(14(19)20)5-9(4-7)15(21)22/h3-6,10H,1-2H3,(H,13,16)(H,17,18). The predicted octanol–water partition coefficient (Wildman–Crippen LogP) is 1.34. The lowest BCUT2D eigenvalue weighted by atomic mass is 10.0. The Morgan fingerprint density at radius 1 is 1.09 bits per heavy atom. The summed E-state index contributed by atoms with van der Waals surface area (Å²) in [5.74, 6) is -2.65. The number of rotatable bonds is 6. The minimum Gasteiger partial charge on any atom is -0.480 e. The summed E-state index contributed by atoms with van der Waals surface area (Å²) in [7, 11) is 0. The van der Waals surface area contributed by atoms with Crippen LogP contribution in [-0.4, -0.2) is 32.9 Å². The van der Waals surface area contributed by atoms with Gasteiger partial charge in [-0.15, -0.1) is 0 Å². The highest BCUT2D eigenvalue weighted by molar-refractivity contribution is 5.97. The van der Waals surface area contributed by atoms with Gasteiger partial charge in [0.1, 0.15) is 6.04 Å². The number of hydrogen-bond acceptors (Lipinski definition) is 6. The fourth-order valence-electron chi connectivity index (χ4n) is 1.68. The molecule has 1 aromatic rings. The van der Waals surface area contributed by atoms with E-state index in [1.807, 2.05) is 0 Å². The molecule has 0 bridgehead atoms. The number of amides is 1. The fourth-order valence-corrected chi connectivity index (χ4v) is 1.68. The zero-order valence-electron chi connectivity index (χ0n) is 11.7. The van der Waals surface area contributed by atoms with Crippen molar-refractivity contribution < 1.29 is 24.5 Å². The molecule has 0 saturated carbocycles. The largest absolute Gasteiger partial charge is 0.480 e. The van der Waals surface area contributed by atoms with Crippen LogP contribution in [0.5, 0.6) is 0 Å². The maximum absolute atomic E-state index is 12.0. The van der Waals surface area contributed by atoms with Crippen molar-refractivity contribution >= 4 is 23.3 Å². The van der Waals surface area contributed by atoms with Crippen LogP contribution in [0.3, 0.4) is 0 Å². The van der Waals surface area contributed by atoms with Gasteiger partial charge in [0.15, 0.2) is 0 Å². The van der Waals surface area contributed by atoms with Gasteiger partial charge in [-0.1, -0.05) is 13.8 Å². The first-order valence-electron chi connectivity index (χ1n) is 6.11. The number of non-ortho nitro benzene ring substituents is 2. The molecule has 22 heavy (non-hydrogen) atoms. The number of hydrogen-bond donors (Lipinski definition) is 2. The Kier molecular flexibility index (Phi) is 5.11. The summed E-state index contributed by atoms with van der Waals surface area (Å²) in [5, 5.41) is 32.7. The normalized spacial score (nSPS) is 11.8. The van der Waals surface area contributed by atoms with Crippen LogP contribution in [0.15, 0.2) is 18.2 Å². The molecule has 10 heteroatoms. The molecule has 0 saturated heterocycles. The predicted molar refractivity (Wildman–Crippen MR) is 73.5 cm³/mol. The van der Waals surface area contributed by atoms with Gasteiger partial charge < -0.3 is 10.4 Å². The monoisotopic (exact) mass is 311 g/mol. The minimum atomic E-state index is -1.27. The van der Waals surface area contributed by atoms with Crippen LogP contribution >= 0.6 is 0 Å². The van der Waals surface area contributed by atoms with E-state index in [2.05, 4.69) is 5.32 Å². The number of carbonyl (C=O) groups excluding carboxylic acids is 1. The second-order valence-electron chi connectivity index (χ2n) is 4.79. The smallest absolute Gasteiger partial charge is 0.326 e. The lowest BCUT2D eigenvalue weighted by molar-refractivity contribution is -0.394. The zero-order chi connectivity index (χ0) is 17.0. The molecule has 0 aromatic heterocycles. The minimum absolute atomic E-state index is 0.354. The summed E-state index contributed by atoms with van der Waals surface area (Å²) >= 11 is 0. The molecule has 1 aromatic carbocycles. The van der Waals surface area contributed by atoms with Gasteiger partial charge in [0, 0.05) is 12.1 Å². The van der Waals surface area contributed by atoms with Crippen molar-refractivity contribution in [3.8, 4) is 0 Å². The molecule has 0 fully saturated rings. The van der Waals surface area contributed by atoms with Gasteiger partial charge in [0.2, 0.25) is 0 Å². The first-order valence-corrected chi connectivity index (χ1v) is 6.11. The van der Waals surface area contributed by atoms with E-state index in [1.165, 1.54) is 0 Å². The molecule has 0 spiro atoms. The molecule has 0 aliphatic carbocycles. The Labute approximate surface area is 124 Å². The van der Waals surface area contributed by atoms with Crippen LogP contribution in [-0.2, 0) is 4.79 Å². The van der Waals surface area contributed by atoms with E-state index in [-0.39, 0.29) is 5.56 Å². The third-order valence-electron chi connectivity index (χ3n) is 2.81. The molecule has 2 N–H and O–H groups in total. The lowest BCUT2D eigenvalue weighted by Gasteiger charge is -2.17. The van der Waals surface area contributed by atoms with E-state index in [4.69, 9.17) is 5.11 Å². The van der Waals surface area contributed by atoms with Crippen LogP contribution in [0.4, 0.5) is 11.4 Å². The molecule has 0 radical (unpaired) electrons. The number of nitrogens with one attached hydrogen (secondary N) is 1. The molecule has 1 unspecified atom stereocenters. The molecule has 118 valence electrons. The number of nitro groups is 2. The van der Waals surface area contributed by atoms with Gasteiger partial charge in [-0.3, -0.25) is 25.0 Å². The summed E-state index contributed by atoms with van der Waals surface area (Å²) in [4.78, 5) is 42.8. The van der Waals surface area contributed by atoms with Gasteiger partial charge in [-0.25, -0.2) is 4.79 Å². The van der Waals surface area contributed by atoms with Crippen LogP contribution in [0, 0.1) is 26.1 Å². The third kappa shape index (κ3) is 3.98. The SMILES string of the molecule is CC(C)C(NC(=O)c1cc([N+](=O)[O-])cc([N+](=O)[O-])c1)C(=O)O. The van der Waals surface area contributed by atoms with E-state index in [9.17, 15) is 29.8 Å². The van der Waals surface area contributed by atoms with Crippen LogP contribution in [0.1, 0.15) is 24.2 Å². The highest BCUT2D eigenvalue weighted by Crippen LogP contribution is 2.22. The second kappa shape index (κ2) is 6.61. The van der Waals surface area contributed by atoms with Gasteiger partial charge in [0.05, 0.1) is 21.5 Å². The molecule has 0 aliphatic rings. The fraction of sp³-hybridized carbons (Fsp3) is 0.333. The number of aliphatic carboxylic acids is 1. The number of nitro benzene ring substituents is 2. The number of carboxylic acid groups (broad SMARTS) is 1. The van der Waals surface area contributed by atoms with E-state index in [0.717, 1.165) is 12.1 Å². The highest BCUT2D eigenvalue weighted by atomic mass is 16.6. The van der Waals surface area contributed by atoms with Crippen molar-refractivity contribution in [3.05, 3.63) is 44.0 Å². The quantitative estimate of drug-likeness (QED) is 0.593. The number of benzene rings is 1. The first-order chi connectivity index (χ1) is 10.1. The van der Waals surface area contributed by atoms with Crippen molar-refractivity contribution in [3.63, 3.8) is 0 Å². The number of carbonyl (C=O) groups is 2. The molecular formula is C12H13N3O7. The Morgan fingerprint density at radius 2 is 1.55 bits per heavy atom. The van der Waals surface area contributed by atoms with Gasteiger partial charge in [0.25, 0.3) is 17.3 Å². The van der Waals surface area contributed by atoms with Crippen LogP contribution in [0.2, 0.25) is 0 Å². The van der Waals surface area contributed by atoms with Gasteiger partial charge >= 0.3 is 5.97 Å². The zero-order valence-corrected chi connectivity index (χ0v) is 11.7. The Morgan fingerprint density at radius 3 is 1.86 bits per heavy atom. The van der Waals surface area contributed by atoms with Crippen LogP contribution in [0.25, 0.3) is 0 Å². The average molecular weight is 311 g/mol. The highest BCUT2D eigenvalue weighted by Gasteiger charge is 2.26. The van der Waals surface area contributed by atoms with Crippen molar-refractivity contribution in [2.75, 3.05) is 0 Å². The van der Waals surface area contributed by atoms with Crippen molar-refractivity contribution in [1.29, 1.82) is 0 Å². The number of carboxylic acids is 1. The Hall–Kier alpha value is -3.04. The topological polar surface area (TPSA) is 153 Å². The Bertz CT molecular complexity index is 609. The third-order valence-corrected chi connectivity index (χ3v) is 2.81. The van der Waals surface area contributed by atoms with E-state index >= 15 is 0 Å². The van der Waals surface area contributed by atoms with Gasteiger partial charge in [-0.2, -0.15) is 0 Å². The molecule has 1 atom stereocenters. The maximum atomic E-state index is 12.0. The summed E-state index contributed by atoms with van der Waals surface area (Å²) in [6.07, 6.45) is 0. The summed E-state index contributed by atoms with van der Waals surface area (Å²) in [5.41, 5.74) is -1.61. The van der Waals surface area contributed by atoms with Crippen molar-refractivity contribution in [2.45, 2.75) is 19.9 Å². The van der Waals surface area contributed by atoms with E-state index in [0.29, 0.717) is 6.07 Å². The Balaban J connectivity index is 3.19. The van der Waals surface area contributed by atoms with Crippen molar-refractivity contribution in [1.82, 2.24) is 5.32 Å². The average Bonchev–Trinajstić information content (AvgIpc) is 2.42. The lowest BCUT2D eigenvalue weighted by Crippen LogP contribution is -2.44. The van der Waals surface area contributed by atoms with Gasteiger partial charge in [-0.05, 0) is 5.92 Å². The van der Waals surface area contributed by atoms with Crippen molar-refractivity contribution in [2.24, 2.45) is 5.92 Å².